The average Bonchev–Trinajstić information content (AvgIpc) is 2.27. The highest BCUT2D eigenvalue weighted by atomic mass is 35.5. The van der Waals surface area contributed by atoms with E-state index < -0.39 is 12.0 Å². The molecule has 0 atom stereocenters. The molecular formula is C11H13ClN2O3. The third-order valence-electron chi connectivity index (χ3n) is 1.98. The summed E-state index contributed by atoms with van der Waals surface area (Å²) in [6.45, 7) is 0.308. The van der Waals surface area contributed by atoms with Gasteiger partial charge >= 0.3 is 12.0 Å². The number of hydrogen-bond acceptors (Lipinski definition) is 2. The van der Waals surface area contributed by atoms with Crippen LogP contribution in [-0.4, -0.2) is 23.7 Å². The van der Waals surface area contributed by atoms with Crippen LogP contribution in [0.5, 0.6) is 0 Å². The van der Waals surface area contributed by atoms with Crippen molar-refractivity contribution < 1.29 is 14.7 Å². The van der Waals surface area contributed by atoms with E-state index >= 15 is 0 Å². The zero-order valence-corrected chi connectivity index (χ0v) is 9.83. The number of aliphatic carboxylic acids is 1. The predicted octanol–water partition coefficient (Wildman–Crippen LogP) is 2.33. The maximum atomic E-state index is 11.4. The Balaban J connectivity index is 2.30. The van der Waals surface area contributed by atoms with Gasteiger partial charge in [-0.2, -0.15) is 0 Å². The molecule has 0 heterocycles. The Labute approximate surface area is 104 Å². The van der Waals surface area contributed by atoms with Crippen LogP contribution in [0.3, 0.4) is 0 Å². The van der Waals surface area contributed by atoms with Gasteiger partial charge in [-0.1, -0.05) is 23.7 Å². The maximum absolute atomic E-state index is 11.4. The molecule has 0 aliphatic carbocycles. The summed E-state index contributed by atoms with van der Waals surface area (Å²) in [5.74, 6) is -0.877. The first-order chi connectivity index (χ1) is 8.09. The van der Waals surface area contributed by atoms with E-state index in [-0.39, 0.29) is 6.42 Å². The van der Waals surface area contributed by atoms with Gasteiger partial charge in [-0.25, -0.2) is 4.79 Å². The summed E-state index contributed by atoms with van der Waals surface area (Å²) in [5.41, 5.74) is 0.518. The van der Waals surface area contributed by atoms with Crippen molar-refractivity contribution in [1.29, 1.82) is 0 Å². The van der Waals surface area contributed by atoms with E-state index in [9.17, 15) is 9.59 Å². The molecular weight excluding hydrogens is 244 g/mol. The number of halogens is 1. The van der Waals surface area contributed by atoms with Crippen molar-refractivity contribution in [2.24, 2.45) is 0 Å². The molecule has 2 amide bonds. The van der Waals surface area contributed by atoms with E-state index in [0.29, 0.717) is 23.7 Å². The minimum atomic E-state index is -0.877. The fourth-order valence-electron chi connectivity index (χ4n) is 1.17. The molecule has 0 saturated carbocycles. The molecule has 0 radical (unpaired) electrons. The Morgan fingerprint density at radius 2 is 2.00 bits per heavy atom. The molecule has 92 valence electrons. The van der Waals surface area contributed by atoms with Crippen molar-refractivity contribution >= 4 is 29.3 Å². The molecule has 0 aliphatic rings. The molecule has 1 aromatic rings. The Kier molecular flexibility index (Phi) is 5.29. The summed E-state index contributed by atoms with van der Waals surface area (Å²) in [4.78, 5) is 21.6. The summed E-state index contributed by atoms with van der Waals surface area (Å²) in [7, 11) is 0. The molecule has 1 rings (SSSR count). The summed E-state index contributed by atoms with van der Waals surface area (Å²) < 4.78 is 0. The van der Waals surface area contributed by atoms with Gasteiger partial charge in [0.2, 0.25) is 0 Å². The second-order valence-corrected chi connectivity index (χ2v) is 3.77. The number of carboxylic acids is 1. The van der Waals surface area contributed by atoms with Crippen LogP contribution in [-0.2, 0) is 4.79 Å². The monoisotopic (exact) mass is 256 g/mol. The SMILES string of the molecule is O=C(O)CCCNC(=O)Nc1ccccc1Cl. The summed E-state index contributed by atoms with van der Waals surface area (Å²) >= 11 is 5.85. The Morgan fingerprint density at radius 3 is 2.65 bits per heavy atom. The van der Waals surface area contributed by atoms with Gasteiger partial charge in [0.25, 0.3) is 0 Å². The molecule has 0 spiro atoms. The zero-order chi connectivity index (χ0) is 12.7. The smallest absolute Gasteiger partial charge is 0.319 e. The normalized spacial score (nSPS) is 9.71. The Hall–Kier alpha value is -1.75. The largest absolute Gasteiger partial charge is 0.481 e. The molecule has 0 aliphatic heterocycles. The van der Waals surface area contributed by atoms with Crippen LogP contribution in [0.15, 0.2) is 24.3 Å². The van der Waals surface area contributed by atoms with Gasteiger partial charge in [-0.15, -0.1) is 0 Å². The number of benzene rings is 1. The standard InChI is InChI=1S/C11H13ClN2O3/c12-8-4-1-2-5-9(8)14-11(17)13-7-3-6-10(15)16/h1-2,4-5H,3,6-7H2,(H,15,16)(H2,13,14,17). The number of rotatable bonds is 5. The van der Waals surface area contributed by atoms with E-state index in [1.54, 1.807) is 24.3 Å². The van der Waals surface area contributed by atoms with E-state index in [1.165, 1.54) is 0 Å². The second-order valence-electron chi connectivity index (χ2n) is 3.36. The molecule has 0 saturated heterocycles. The summed E-state index contributed by atoms with van der Waals surface area (Å²) in [6.07, 6.45) is 0.428. The molecule has 6 heteroatoms. The van der Waals surface area contributed by atoms with Gasteiger partial charge in [-0.05, 0) is 18.6 Å². The summed E-state index contributed by atoms with van der Waals surface area (Å²) in [5, 5.41) is 14.0. The van der Waals surface area contributed by atoms with Gasteiger partial charge in [0.15, 0.2) is 0 Å². The van der Waals surface area contributed by atoms with Crippen molar-refractivity contribution in [3.05, 3.63) is 29.3 Å². The molecule has 5 nitrogen and oxygen atoms in total. The van der Waals surface area contributed by atoms with E-state index in [1.807, 2.05) is 0 Å². The van der Waals surface area contributed by atoms with Gasteiger partial charge < -0.3 is 15.7 Å². The van der Waals surface area contributed by atoms with Crippen LogP contribution in [0.2, 0.25) is 5.02 Å². The predicted molar refractivity (Wildman–Crippen MR) is 65.3 cm³/mol. The molecule has 0 unspecified atom stereocenters. The number of carboxylic acid groups (broad SMARTS) is 1. The maximum Gasteiger partial charge on any atom is 0.319 e. The lowest BCUT2D eigenvalue weighted by Crippen LogP contribution is -2.29. The van der Waals surface area contributed by atoms with Crippen molar-refractivity contribution in [1.82, 2.24) is 5.32 Å². The number of anilines is 1. The second kappa shape index (κ2) is 6.75. The fourth-order valence-corrected chi connectivity index (χ4v) is 1.35. The first-order valence-electron chi connectivity index (χ1n) is 5.11. The molecule has 17 heavy (non-hydrogen) atoms. The highest BCUT2D eigenvalue weighted by Crippen LogP contribution is 2.19. The fraction of sp³-hybridized carbons (Fsp3) is 0.273. The lowest BCUT2D eigenvalue weighted by Gasteiger charge is -2.08. The molecule has 0 bridgehead atoms. The van der Waals surface area contributed by atoms with Crippen LogP contribution in [0, 0.1) is 0 Å². The van der Waals surface area contributed by atoms with Crippen molar-refractivity contribution in [2.45, 2.75) is 12.8 Å². The highest BCUT2D eigenvalue weighted by Gasteiger charge is 2.04. The van der Waals surface area contributed by atoms with Crippen LogP contribution >= 0.6 is 11.6 Å². The topological polar surface area (TPSA) is 78.4 Å². The number of carbonyl (C=O) groups is 2. The lowest BCUT2D eigenvalue weighted by molar-refractivity contribution is -0.137. The lowest BCUT2D eigenvalue weighted by atomic mass is 10.3. The first kappa shape index (κ1) is 13.3. The Bertz CT molecular complexity index is 409. The number of amides is 2. The number of para-hydroxylation sites is 1. The quantitative estimate of drug-likeness (QED) is 0.708. The van der Waals surface area contributed by atoms with E-state index in [0.717, 1.165) is 0 Å². The number of urea groups is 1. The highest BCUT2D eigenvalue weighted by molar-refractivity contribution is 6.33. The third kappa shape index (κ3) is 5.21. The average molecular weight is 257 g/mol. The molecule has 3 N–H and O–H groups in total. The van der Waals surface area contributed by atoms with Gasteiger partial charge in [0.05, 0.1) is 10.7 Å². The zero-order valence-electron chi connectivity index (χ0n) is 9.07. The minimum absolute atomic E-state index is 0.0341. The Morgan fingerprint density at radius 1 is 1.29 bits per heavy atom. The number of hydrogen-bond donors (Lipinski definition) is 3. The minimum Gasteiger partial charge on any atom is -0.481 e. The van der Waals surface area contributed by atoms with Gasteiger partial charge in [0.1, 0.15) is 0 Å². The van der Waals surface area contributed by atoms with Crippen LogP contribution < -0.4 is 10.6 Å². The first-order valence-corrected chi connectivity index (χ1v) is 5.48. The van der Waals surface area contributed by atoms with E-state index in [4.69, 9.17) is 16.7 Å². The molecule has 1 aromatic carbocycles. The van der Waals surface area contributed by atoms with Crippen molar-refractivity contribution in [3.63, 3.8) is 0 Å². The summed E-state index contributed by atoms with van der Waals surface area (Å²) in [6, 6.07) is 6.47. The number of carbonyl (C=O) groups excluding carboxylic acids is 1. The number of nitrogens with one attached hydrogen (secondary N) is 2. The third-order valence-corrected chi connectivity index (χ3v) is 2.30. The van der Waals surface area contributed by atoms with Crippen molar-refractivity contribution in [2.75, 3.05) is 11.9 Å². The molecule has 0 fully saturated rings. The van der Waals surface area contributed by atoms with E-state index in [2.05, 4.69) is 10.6 Å². The van der Waals surface area contributed by atoms with Crippen molar-refractivity contribution in [3.8, 4) is 0 Å². The van der Waals surface area contributed by atoms with Crippen LogP contribution in [0.1, 0.15) is 12.8 Å². The van der Waals surface area contributed by atoms with Gasteiger partial charge in [-0.3, -0.25) is 4.79 Å². The van der Waals surface area contributed by atoms with Crippen LogP contribution in [0.4, 0.5) is 10.5 Å². The van der Waals surface area contributed by atoms with Crippen LogP contribution in [0.25, 0.3) is 0 Å². The van der Waals surface area contributed by atoms with Gasteiger partial charge in [0, 0.05) is 13.0 Å². The molecule has 0 aromatic heterocycles.